The molecule has 2 amide bonds. The molecule has 7 heteroatoms. The van der Waals surface area contributed by atoms with Gasteiger partial charge in [0.1, 0.15) is 11.8 Å². The van der Waals surface area contributed by atoms with E-state index in [-0.39, 0.29) is 36.4 Å². The number of rotatable bonds is 8. The van der Waals surface area contributed by atoms with Gasteiger partial charge in [-0.05, 0) is 55.0 Å². The lowest BCUT2D eigenvalue weighted by Gasteiger charge is -2.30. The highest BCUT2D eigenvalue weighted by Gasteiger charge is 2.29. The molecule has 1 aliphatic carbocycles. The first-order valence-corrected chi connectivity index (χ1v) is 12.6. The van der Waals surface area contributed by atoms with Gasteiger partial charge in [0.25, 0.3) is 5.91 Å². The van der Waals surface area contributed by atoms with E-state index in [1.165, 1.54) is 10.5 Å². The van der Waals surface area contributed by atoms with Crippen LogP contribution in [0.25, 0.3) is 0 Å². The number of hydrogen-bond donors (Lipinski definition) is 1. The molecule has 2 aromatic rings. The minimum atomic E-state index is -0.702. The van der Waals surface area contributed by atoms with Crippen LogP contribution in [-0.2, 0) is 21.5 Å². The Morgan fingerprint density at radius 3 is 2.21 bits per heavy atom. The zero-order valence-electron chi connectivity index (χ0n) is 20.4. The van der Waals surface area contributed by atoms with Crippen molar-refractivity contribution in [2.24, 2.45) is 0 Å². The Morgan fingerprint density at radius 1 is 1.06 bits per heavy atom. The molecule has 0 radical (unpaired) electrons. The molecule has 1 fully saturated rings. The Labute approximate surface area is 212 Å². The van der Waals surface area contributed by atoms with Crippen LogP contribution in [0.3, 0.4) is 0 Å². The molecular formula is C27H34Cl2N2O3. The van der Waals surface area contributed by atoms with E-state index in [0.29, 0.717) is 21.4 Å². The molecule has 0 aliphatic heterocycles. The Morgan fingerprint density at radius 2 is 1.65 bits per heavy atom. The standard InChI is InChI=1S/C27H34Cl2N2O3/c1-18(26(33)30-20-8-5-6-9-20)31(16-22-23(28)10-7-11-24(22)29)25(32)17-34-21-14-12-19(13-15-21)27(2,3)4/h7,10-15,18,20H,5-6,8-9,16-17H2,1-4H3,(H,30,33)/t18-/m1/s1. The molecule has 5 nitrogen and oxygen atoms in total. The van der Waals surface area contributed by atoms with Gasteiger partial charge in [-0.25, -0.2) is 0 Å². The van der Waals surface area contributed by atoms with Gasteiger partial charge in [-0.2, -0.15) is 0 Å². The Bertz CT molecular complexity index is 976. The Kier molecular flexibility index (Phi) is 8.89. The smallest absolute Gasteiger partial charge is 0.261 e. The van der Waals surface area contributed by atoms with Gasteiger partial charge in [0.15, 0.2) is 6.61 Å². The molecule has 0 unspecified atom stereocenters. The van der Waals surface area contributed by atoms with Crippen molar-refractivity contribution in [2.75, 3.05) is 6.61 Å². The van der Waals surface area contributed by atoms with Gasteiger partial charge in [0.2, 0.25) is 5.91 Å². The zero-order chi connectivity index (χ0) is 24.9. The summed E-state index contributed by atoms with van der Waals surface area (Å²) in [6, 6.07) is 12.4. The number of carbonyl (C=O) groups excluding carboxylic acids is 2. The van der Waals surface area contributed by atoms with E-state index in [1.54, 1.807) is 25.1 Å². The fourth-order valence-electron chi connectivity index (χ4n) is 4.11. The van der Waals surface area contributed by atoms with Gasteiger partial charge in [0, 0.05) is 28.2 Å². The molecule has 0 saturated heterocycles. The van der Waals surface area contributed by atoms with Crippen LogP contribution >= 0.6 is 23.2 Å². The van der Waals surface area contributed by atoms with Crippen LogP contribution in [0, 0.1) is 0 Å². The fraction of sp³-hybridized carbons (Fsp3) is 0.481. The largest absolute Gasteiger partial charge is 0.484 e. The summed E-state index contributed by atoms with van der Waals surface area (Å²) in [6.07, 6.45) is 4.16. The van der Waals surface area contributed by atoms with Crippen LogP contribution in [0.2, 0.25) is 10.0 Å². The maximum absolute atomic E-state index is 13.3. The number of nitrogens with one attached hydrogen (secondary N) is 1. The molecule has 3 rings (SSSR count). The van der Waals surface area contributed by atoms with Crippen molar-refractivity contribution >= 4 is 35.0 Å². The summed E-state index contributed by atoms with van der Waals surface area (Å²) in [6.45, 7) is 8.07. The summed E-state index contributed by atoms with van der Waals surface area (Å²) in [5.41, 5.74) is 1.81. The molecule has 0 spiro atoms. The fourth-order valence-corrected chi connectivity index (χ4v) is 4.62. The molecule has 34 heavy (non-hydrogen) atoms. The summed E-state index contributed by atoms with van der Waals surface area (Å²) in [7, 11) is 0. The average molecular weight is 505 g/mol. The van der Waals surface area contributed by atoms with Gasteiger partial charge in [0.05, 0.1) is 0 Å². The predicted molar refractivity (Wildman–Crippen MR) is 138 cm³/mol. The second-order valence-electron chi connectivity index (χ2n) is 9.95. The van der Waals surface area contributed by atoms with Gasteiger partial charge in [-0.3, -0.25) is 9.59 Å². The minimum absolute atomic E-state index is 0.0292. The topological polar surface area (TPSA) is 58.6 Å². The monoisotopic (exact) mass is 504 g/mol. The lowest BCUT2D eigenvalue weighted by atomic mass is 9.87. The minimum Gasteiger partial charge on any atom is -0.484 e. The van der Waals surface area contributed by atoms with E-state index in [4.69, 9.17) is 27.9 Å². The summed E-state index contributed by atoms with van der Waals surface area (Å²) in [4.78, 5) is 27.8. The summed E-state index contributed by atoms with van der Waals surface area (Å²) < 4.78 is 5.79. The zero-order valence-corrected chi connectivity index (χ0v) is 21.9. The maximum atomic E-state index is 13.3. The Balaban J connectivity index is 1.74. The SMILES string of the molecule is C[C@H](C(=O)NC1CCCC1)N(Cc1c(Cl)cccc1Cl)C(=O)COc1ccc(C(C)(C)C)cc1. The number of carbonyl (C=O) groups is 2. The van der Waals surface area contributed by atoms with Crippen molar-refractivity contribution in [3.63, 3.8) is 0 Å². The second kappa shape index (κ2) is 11.5. The van der Waals surface area contributed by atoms with Gasteiger partial charge >= 0.3 is 0 Å². The number of benzene rings is 2. The van der Waals surface area contributed by atoms with Gasteiger partial charge in [-0.1, -0.05) is 75.0 Å². The molecule has 184 valence electrons. The number of halogens is 2. The number of nitrogens with zero attached hydrogens (tertiary/aromatic N) is 1. The second-order valence-corrected chi connectivity index (χ2v) is 10.8. The third-order valence-electron chi connectivity index (χ3n) is 6.34. The van der Waals surface area contributed by atoms with Crippen LogP contribution in [-0.4, -0.2) is 35.4 Å². The lowest BCUT2D eigenvalue weighted by molar-refractivity contribution is -0.142. The molecule has 0 heterocycles. The van der Waals surface area contributed by atoms with E-state index in [1.807, 2.05) is 24.3 Å². The highest BCUT2D eigenvalue weighted by molar-refractivity contribution is 6.36. The average Bonchev–Trinajstić information content (AvgIpc) is 3.29. The van der Waals surface area contributed by atoms with Crippen molar-refractivity contribution in [1.29, 1.82) is 0 Å². The van der Waals surface area contributed by atoms with E-state index < -0.39 is 6.04 Å². The van der Waals surface area contributed by atoms with Gasteiger partial charge in [-0.15, -0.1) is 0 Å². The number of ether oxygens (including phenoxy) is 1. The highest BCUT2D eigenvalue weighted by Crippen LogP contribution is 2.27. The van der Waals surface area contributed by atoms with Crippen LogP contribution in [0.1, 0.15) is 64.5 Å². The Hall–Kier alpha value is -2.24. The molecule has 1 atom stereocenters. The van der Waals surface area contributed by atoms with E-state index >= 15 is 0 Å². The van der Waals surface area contributed by atoms with E-state index in [2.05, 4.69) is 26.1 Å². The molecule has 2 aromatic carbocycles. The van der Waals surface area contributed by atoms with Crippen LogP contribution in [0.15, 0.2) is 42.5 Å². The molecule has 1 saturated carbocycles. The van der Waals surface area contributed by atoms with E-state index in [9.17, 15) is 9.59 Å². The van der Waals surface area contributed by atoms with Crippen molar-refractivity contribution in [3.8, 4) is 5.75 Å². The van der Waals surface area contributed by atoms with Crippen LogP contribution < -0.4 is 10.1 Å². The quantitative estimate of drug-likeness (QED) is 0.469. The third kappa shape index (κ3) is 6.89. The van der Waals surface area contributed by atoms with Crippen molar-refractivity contribution in [1.82, 2.24) is 10.2 Å². The summed E-state index contributed by atoms with van der Waals surface area (Å²) >= 11 is 12.7. The van der Waals surface area contributed by atoms with Crippen molar-refractivity contribution in [2.45, 2.75) is 77.4 Å². The normalized spacial score (nSPS) is 15.1. The van der Waals surface area contributed by atoms with Crippen LogP contribution in [0.4, 0.5) is 0 Å². The summed E-state index contributed by atoms with van der Waals surface area (Å²) in [5.74, 6) is 0.100. The first-order chi connectivity index (χ1) is 16.1. The molecule has 0 bridgehead atoms. The predicted octanol–water partition coefficient (Wildman–Crippen LogP) is 6.15. The number of amides is 2. The molecular weight excluding hydrogens is 471 g/mol. The number of hydrogen-bond acceptors (Lipinski definition) is 3. The van der Waals surface area contributed by atoms with Crippen molar-refractivity contribution < 1.29 is 14.3 Å². The third-order valence-corrected chi connectivity index (χ3v) is 7.05. The molecule has 0 aromatic heterocycles. The first kappa shape index (κ1) is 26.4. The summed E-state index contributed by atoms with van der Waals surface area (Å²) in [5, 5.41) is 3.99. The van der Waals surface area contributed by atoms with Crippen LogP contribution in [0.5, 0.6) is 5.75 Å². The highest BCUT2D eigenvalue weighted by atomic mass is 35.5. The lowest BCUT2D eigenvalue weighted by Crippen LogP contribution is -2.50. The van der Waals surface area contributed by atoms with Crippen molar-refractivity contribution in [3.05, 3.63) is 63.6 Å². The molecule has 1 aliphatic rings. The maximum Gasteiger partial charge on any atom is 0.261 e. The van der Waals surface area contributed by atoms with Gasteiger partial charge < -0.3 is 15.0 Å². The van der Waals surface area contributed by atoms with E-state index in [0.717, 1.165) is 25.7 Å². The first-order valence-electron chi connectivity index (χ1n) is 11.8. The molecule has 1 N–H and O–H groups in total.